The van der Waals surface area contributed by atoms with Crippen LogP contribution >= 0.6 is 0 Å². The highest BCUT2D eigenvalue weighted by Gasteiger charge is 2.11. The summed E-state index contributed by atoms with van der Waals surface area (Å²) in [6.07, 6.45) is 4.33. The molecule has 4 rings (SSSR count). The van der Waals surface area contributed by atoms with Gasteiger partial charge in [0.15, 0.2) is 0 Å². The Morgan fingerprint density at radius 3 is 2.10 bits per heavy atom. The van der Waals surface area contributed by atoms with Crippen molar-refractivity contribution in [1.82, 2.24) is 5.43 Å². The van der Waals surface area contributed by atoms with E-state index in [0.717, 1.165) is 5.56 Å². The zero-order valence-electron chi connectivity index (χ0n) is 20.9. The van der Waals surface area contributed by atoms with Gasteiger partial charge in [-0.1, -0.05) is 42.5 Å². The van der Waals surface area contributed by atoms with E-state index < -0.39 is 22.7 Å². The summed E-state index contributed by atoms with van der Waals surface area (Å²) in [5.74, 6) is -1.23. The molecule has 10 nitrogen and oxygen atoms in total. The van der Waals surface area contributed by atoms with Crippen molar-refractivity contribution in [1.29, 1.82) is 0 Å². The molecule has 0 saturated heterocycles. The summed E-state index contributed by atoms with van der Waals surface area (Å²) < 4.78 is 5.41. The van der Waals surface area contributed by atoms with Crippen LogP contribution in [-0.2, 0) is 4.79 Å². The number of nitro benzene ring substituents is 1. The van der Waals surface area contributed by atoms with Gasteiger partial charge < -0.3 is 10.1 Å². The number of non-ortho nitro benzene ring substituents is 1. The van der Waals surface area contributed by atoms with Gasteiger partial charge in [0, 0.05) is 40.6 Å². The van der Waals surface area contributed by atoms with Crippen LogP contribution in [0.5, 0.6) is 5.75 Å². The van der Waals surface area contributed by atoms with Gasteiger partial charge in [-0.05, 0) is 60.2 Å². The van der Waals surface area contributed by atoms with E-state index in [-0.39, 0.29) is 22.6 Å². The molecule has 10 heteroatoms. The van der Waals surface area contributed by atoms with Crippen molar-refractivity contribution < 1.29 is 24.0 Å². The monoisotopic (exact) mass is 534 g/mol. The van der Waals surface area contributed by atoms with Gasteiger partial charge in [0.2, 0.25) is 0 Å². The number of para-hydroxylation sites is 1. The van der Waals surface area contributed by atoms with E-state index in [9.17, 15) is 24.5 Å². The summed E-state index contributed by atoms with van der Waals surface area (Å²) in [5, 5.41) is 17.4. The number of rotatable bonds is 9. The molecule has 0 aromatic heterocycles. The topological polar surface area (TPSA) is 140 Å². The number of nitro groups is 1. The number of esters is 1. The third kappa shape index (κ3) is 7.56. The van der Waals surface area contributed by atoms with Gasteiger partial charge in [-0.25, -0.2) is 10.2 Å². The summed E-state index contributed by atoms with van der Waals surface area (Å²) in [4.78, 5) is 47.3. The van der Waals surface area contributed by atoms with Gasteiger partial charge in [0.25, 0.3) is 17.5 Å². The Kier molecular flexibility index (Phi) is 8.86. The third-order valence-corrected chi connectivity index (χ3v) is 5.46. The van der Waals surface area contributed by atoms with Gasteiger partial charge in [0.05, 0.1) is 11.1 Å². The highest BCUT2D eigenvalue weighted by Crippen LogP contribution is 2.17. The fraction of sp³-hybridized carbons (Fsp3) is 0. The predicted molar refractivity (Wildman–Crippen MR) is 150 cm³/mol. The Morgan fingerprint density at radius 1 is 0.775 bits per heavy atom. The molecule has 2 amide bonds. The molecule has 2 N–H and O–H groups in total. The number of ether oxygens (including phenoxy) is 1. The molecule has 0 aliphatic rings. The van der Waals surface area contributed by atoms with Crippen molar-refractivity contribution in [2.75, 3.05) is 5.32 Å². The van der Waals surface area contributed by atoms with Crippen LogP contribution in [0.15, 0.2) is 114 Å². The first-order valence-electron chi connectivity index (χ1n) is 11.9. The SMILES string of the molecule is O=C(/C=C/c1ccccc1)Oc1ccccc1/C=N\NC(=O)c1ccc(NC(=O)c2ccc([N+](=O)[O-])cc2)cc1. The molecule has 198 valence electrons. The summed E-state index contributed by atoms with van der Waals surface area (Å²) >= 11 is 0. The second kappa shape index (κ2) is 13.1. The molecule has 4 aromatic rings. The van der Waals surface area contributed by atoms with E-state index in [1.807, 2.05) is 30.3 Å². The van der Waals surface area contributed by atoms with E-state index in [2.05, 4.69) is 15.8 Å². The average molecular weight is 535 g/mol. The molecule has 0 unspecified atom stereocenters. The Morgan fingerprint density at radius 2 is 1.40 bits per heavy atom. The molecule has 0 bridgehead atoms. The Labute approximate surface area is 228 Å². The molecule has 40 heavy (non-hydrogen) atoms. The lowest BCUT2D eigenvalue weighted by atomic mass is 10.1. The number of nitrogens with zero attached hydrogens (tertiary/aromatic N) is 2. The first-order valence-corrected chi connectivity index (χ1v) is 11.9. The van der Waals surface area contributed by atoms with E-state index in [1.165, 1.54) is 48.7 Å². The molecular weight excluding hydrogens is 512 g/mol. The number of hydrogen-bond donors (Lipinski definition) is 2. The molecule has 0 aliphatic heterocycles. The van der Waals surface area contributed by atoms with Crippen molar-refractivity contribution in [3.05, 3.63) is 142 Å². The summed E-state index contributed by atoms with van der Waals surface area (Å²) in [7, 11) is 0. The Balaban J connectivity index is 1.32. The Bertz CT molecular complexity index is 1580. The maximum atomic E-state index is 12.5. The number of anilines is 1. The standard InChI is InChI=1S/C30H22N4O6/c35-28(19-10-21-6-2-1-3-7-21)40-27-9-5-4-8-24(27)20-31-33-30(37)23-11-15-25(16-12-23)32-29(36)22-13-17-26(18-14-22)34(38)39/h1-20H,(H,32,36)(H,33,37)/b19-10+,31-20-. The number of carbonyl (C=O) groups excluding carboxylic acids is 3. The largest absolute Gasteiger partial charge is 0.423 e. The van der Waals surface area contributed by atoms with Crippen molar-refractivity contribution in [2.45, 2.75) is 0 Å². The summed E-state index contributed by atoms with van der Waals surface area (Å²) in [6.45, 7) is 0. The van der Waals surface area contributed by atoms with Crippen LogP contribution < -0.4 is 15.5 Å². The molecule has 4 aromatic carbocycles. The summed E-state index contributed by atoms with van der Waals surface area (Å²) in [6, 6.07) is 27.4. The van der Waals surface area contributed by atoms with E-state index >= 15 is 0 Å². The fourth-order valence-corrected chi connectivity index (χ4v) is 3.42. The molecule has 0 saturated carbocycles. The quantitative estimate of drug-likeness (QED) is 0.0753. The van der Waals surface area contributed by atoms with E-state index in [0.29, 0.717) is 11.3 Å². The summed E-state index contributed by atoms with van der Waals surface area (Å²) in [5.41, 5.74) is 4.60. The Hall–Kier alpha value is -5.90. The van der Waals surface area contributed by atoms with Crippen LogP contribution in [0.2, 0.25) is 0 Å². The minimum atomic E-state index is -0.561. The van der Waals surface area contributed by atoms with Crippen LogP contribution in [0.25, 0.3) is 6.08 Å². The van der Waals surface area contributed by atoms with Crippen LogP contribution in [-0.4, -0.2) is 28.9 Å². The number of benzene rings is 4. The second-order valence-corrected chi connectivity index (χ2v) is 8.24. The first kappa shape index (κ1) is 27.1. The maximum absolute atomic E-state index is 12.5. The van der Waals surface area contributed by atoms with Crippen molar-refractivity contribution in [2.24, 2.45) is 5.10 Å². The van der Waals surface area contributed by atoms with Crippen molar-refractivity contribution >= 4 is 41.4 Å². The molecular formula is C30H22N4O6. The number of nitrogens with one attached hydrogen (secondary N) is 2. The number of carbonyl (C=O) groups is 3. The average Bonchev–Trinajstić information content (AvgIpc) is 2.98. The zero-order chi connectivity index (χ0) is 28.3. The van der Waals surface area contributed by atoms with Gasteiger partial charge >= 0.3 is 5.97 Å². The molecule has 0 radical (unpaired) electrons. The van der Waals surface area contributed by atoms with Gasteiger partial charge in [-0.2, -0.15) is 5.10 Å². The van der Waals surface area contributed by atoms with Crippen molar-refractivity contribution in [3.63, 3.8) is 0 Å². The third-order valence-electron chi connectivity index (χ3n) is 5.46. The van der Waals surface area contributed by atoms with Gasteiger partial charge in [-0.15, -0.1) is 0 Å². The van der Waals surface area contributed by atoms with Crippen LogP contribution in [0.1, 0.15) is 31.8 Å². The number of amides is 2. The maximum Gasteiger partial charge on any atom is 0.336 e. The lowest BCUT2D eigenvalue weighted by Crippen LogP contribution is -2.18. The van der Waals surface area contributed by atoms with Crippen LogP contribution in [0, 0.1) is 10.1 Å². The number of hydrazone groups is 1. The second-order valence-electron chi connectivity index (χ2n) is 8.24. The molecule has 0 heterocycles. The lowest BCUT2D eigenvalue weighted by Gasteiger charge is -2.07. The first-order chi connectivity index (χ1) is 19.4. The van der Waals surface area contributed by atoms with Crippen LogP contribution in [0.3, 0.4) is 0 Å². The molecule has 0 atom stereocenters. The lowest BCUT2D eigenvalue weighted by molar-refractivity contribution is -0.384. The van der Waals surface area contributed by atoms with Crippen LogP contribution in [0.4, 0.5) is 11.4 Å². The highest BCUT2D eigenvalue weighted by atomic mass is 16.6. The van der Waals surface area contributed by atoms with E-state index in [4.69, 9.17) is 4.74 Å². The fourth-order valence-electron chi connectivity index (χ4n) is 3.42. The zero-order valence-corrected chi connectivity index (χ0v) is 20.9. The van der Waals surface area contributed by atoms with Gasteiger partial charge in [-0.3, -0.25) is 19.7 Å². The minimum Gasteiger partial charge on any atom is -0.423 e. The molecule has 0 aliphatic carbocycles. The molecule has 0 fully saturated rings. The van der Waals surface area contributed by atoms with Gasteiger partial charge in [0.1, 0.15) is 5.75 Å². The normalized spacial score (nSPS) is 10.8. The number of hydrogen-bond acceptors (Lipinski definition) is 7. The van der Waals surface area contributed by atoms with Crippen molar-refractivity contribution in [3.8, 4) is 5.75 Å². The highest BCUT2D eigenvalue weighted by molar-refractivity contribution is 6.04. The smallest absolute Gasteiger partial charge is 0.336 e. The predicted octanol–water partition coefficient (Wildman–Crippen LogP) is 5.23. The molecule has 0 spiro atoms. The minimum absolute atomic E-state index is 0.116. The van der Waals surface area contributed by atoms with E-state index in [1.54, 1.807) is 42.5 Å².